The monoisotopic (exact) mass is 231 g/mol. The van der Waals surface area contributed by atoms with Crippen LogP contribution in [0.2, 0.25) is 0 Å². The average molecular weight is 231 g/mol. The van der Waals surface area contributed by atoms with Crippen molar-refractivity contribution in [3.8, 4) is 0 Å². The molecule has 4 rings (SSSR count). The van der Waals surface area contributed by atoms with E-state index in [2.05, 4.69) is 55.5 Å². The molecule has 0 aliphatic heterocycles. The molecule has 0 bridgehead atoms. The molecule has 4 aromatic rings. The van der Waals surface area contributed by atoms with E-state index in [1.54, 1.807) is 0 Å². The number of nitrogens with two attached hydrogens (primary N) is 1. The van der Waals surface area contributed by atoms with Gasteiger partial charge in [-0.25, -0.2) is 0 Å². The van der Waals surface area contributed by atoms with Crippen molar-refractivity contribution in [2.45, 2.75) is 6.92 Å². The van der Waals surface area contributed by atoms with Crippen LogP contribution in [0, 0.1) is 6.92 Å². The number of anilines is 1. The number of aryl methyl sites for hydroxylation is 1. The summed E-state index contributed by atoms with van der Waals surface area (Å²) in [5, 5.41) is 7.77. The minimum Gasteiger partial charge on any atom is -0.399 e. The van der Waals surface area contributed by atoms with Gasteiger partial charge in [0.05, 0.1) is 0 Å². The van der Waals surface area contributed by atoms with Crippen LogP contribution in [0.4, 0.5) is 5.69 Å². The molecule has 0 aromatic heterocycles. The molecule has 0 saturated heterocycles. The first kappa shape index (κ1) is 9.72. The summed E-state index contributed by atoms with van der Waals surface area (Å²) in [6.45, 7) is 2.15. The summed E-state index contributed by atoms with van der Waals surface area (Å²) in [6, 6.07) is 17.3. The zero-order chi connectivity index (χ0) is 12.3. The second-order valence-electron chi connectivity index (χ2n) is 5.06. The first-order valence-electron chi connectivity index (χ1n) is 6.17. The van der Waals surface area contributed by atoms with Gasteiger partial charge in [0.15, 0.2) is 0 Å². The summed E-state index contributed by atoms with van der Waals surface area (Å²) in [5.74, 6) is 0. The number of hydrogen-bond donors (Lipinski definition) is 1. The Bertz CT molecular complexity index is 748. The van der Waals surface area contributed by atoms with E-state index in [1.165, 1.54) is 37.9 Å². The fourth-order valence-electron chi connectivity index (χ4n) is 3.02. The number of rotatable bonds is 0. The minimum atomic E-state index is 0.831. The number of nitrogen functional groups attached to an aromatic ring is 1. The molecular weight excluding hydrogens is 218 g/mol. The molecule has 0 amide bonds. The predicted octanol–water partition coefficient (Wildman–Crippen LogP) is 4.47. The standard InChI is InChI=1S/C17H13N/c1-10-6-11-2-4-13-8-15(18)9-14-5-3-12(7-10)16(11)17(13)14/h2-9H,18H2,1H3. The Balaban J connectivity index is 2.41. The van der Waals surface area contributed by atoms with Crippen molar-refractivity contribution in [1.82, 2.24) is 0 Å². The summed E-state index contributed by atoms with van der Waals surface area (Å²) >= 11 is 0. The van der Waals surface area contributed by atoms with E-state index < -0.39 is 0 Å². The second-order valence-corrected chi connectivity index (χ2v) is 5.06. The van der Waals surface area contributed by atoms with E-state index >= 15 is 0 Å². The van der Waals surface area contributed by atoms with Crippen LogP contribution in [-0.4, -0.2) is 0 Å². The lowest BCUT2D eigenvalue weighted by Crippen LogP contribution is -1.88. The highest BCUT2D eigenvalue weighted by Gasteiger charge is 2.08. The summed E-state index contributed by atoms with van der Waals surface area (Å²) in [5.41, 5.74) is 8.09. The van der Waals surface area contributed by atoms with E-state index in [4.69, 9.17) is 5.73 Å². The summed E-state index contributed by atoms with van der Waals surface area (Å²) in [6.07, 6.45) is 0. The third-order valence-corrected chi connectivity index (χ3v) is 3.70. The average Bonchev–Trinajstić information content (AvgIpc) is 2.34. The van der Waals surface area contributed by atoms with E-state index in [0.29, 0.717) is 0 Å². The van der Waals surface area contributed by atoms with E-state index in [-0.39, 0.29) is 0 Å². The van der Waals surface area contributed by atoms with Crippen molar-refractivity contribution in [3.63, 3.8) is 0 Å². The summed E-state index contributed by atoms with van der Waals surface area (Å²) < 4.78 is 0. The first-order chi connectivity index (χ1) is 8.72. The Labute approximate surface area is 105 Å². The van der Waals surface area contributed by atoms with Gasteiger partial charge in [0.1, 0.15) is 0 Å². The van der Waals surface area contributed by atoms with Gasteiger partial charge in [-0.05, 0) is 56.9 Å². The van der Waals surface area contributed by atoms with Gasteiger partial charge in [0.2, 0.25) is 0 Å². The van der Waals surface area contributed by atoms with Gasteiger partial charge in [0.25, 0.3) is 0 Å². The van der Waals surface area contributed by atoms with Crippen molar-refractivity contribution >= 4 is 38.0 Å². The van der Waals surface area contributed by atoms with Gasteiger partial charge in [-0.15, -0.1) is 0 Å². The fraction of sp³-hybridized carbons (Fsp3) is 0.0588. The molecule has 0 saturated carbocycles. The van der Waals surface area contributed by atoms with Crippen LogP contribution < -0.4 is 5.73 Å². The highest BCUT2D eigenvalue weighted by Crippen LogP contribution is 2.36. The zero-order valence-corrected chi connectivity index (χ0v) is 10.2. The molecule has 0 spiro atoms. The molecule has 1 nitrogen and oxygen atoms in total. The van der Waals surface area contributed by atoms with Gasteiger partial charge in [0, 0.05) is 5.69 Å². The highest BCUT2D eigenvalue weighted by atomic mass is 14.5. The molecule has 4 aromatic carbocycles. The van der Waals surface area contributed by atoms with Crippen LogP contribution >= 0.6 is 0 Å². The second kappa shape index (κ2) is 3.14. The number of hydrogen-bond acceptors (Lipinski definition) is 1. The Hall–Kier alpha value is -2.28. The van der Waals surface area contributed by atoms with Gasteiger partial charge in [-0.2, -0.15) is 0 Å². The van der Waals surface area contributed by atoms with Crippen molar-refractivity contribution in [2.75, 3.05) is 5.73 Å². The normalized spacial score (nSPS) is 11.8. The van der Waals surface area contributed by atoms with Crippen LogP contribution in [0.1, 0.15) is 5.56 Å². The molecule has 0 unspecified atom stereocenters. The van der Waals surface area contributed by atoms with E-state index in [0.717, 1.165) is 5.69 Å². The first-order valence-corrected chi connectivity index (χ1v) is 6.17. The van der Waals surface area contributed by atoms with Crippen molar-refractivity contribution in [1.29, 1.82) is 0 Å². The van der Waals surface area contributed by atoms with Crippen molar-refractivity contribution in [2.24, 2.45) is 0 Å². The molecule has 86 valence electrons. The molecule has 0 aliphatic carbocycles. The third-order valence-electron chi connectivity index (χ3n) is 3.70. The van der Waals surface area contributed by atoms with Crippen molar-refractivity contribution < 1.29 is 0 Å². The smallest absolute Gasteiger partial charge is 0.0326 e. The van der Waals surface area contributed by atoms with Gasteiger partial charge in [-0.3, -0.25) is 0 Å². The van der Waals surface area contributed by atoms with Gasteiger partial charge in [-0.1, -0.05) is 36.4 Å². The Morgan fingerprint density at radius 3 is 1.50 bits per heavy atom. The Morgan fingerprint density at radius 2 is 1.06 bits per heavy atom. The maximum Gasteiger partial charge on any atom is 0.0326 e. The molecular formula is C17H13N. The maximum absolute atomic E-state index is 5.96. The van der Waals surface area contributed by atoms with Crippen LogP contribution in [-0.2, 0) is 0 Å². The largest absolute Gasteiger partial charge is 0.399 e. The third kappa shape index (κ3) is 1.16. The lowest BCUT2D eigenvalue weighted by atomic mass is 9.93. The van der Waals surface area contributed by atoms with Crippen molar-refractivity contribution in [3.05, 3.63) is 54.1 Å². The molecule has 0 atom stereocenters. The molecule has 18 heavy (non-hydrogen) atoms. The highest BCUT2D eigenvalue weighted by molar-refractivity contribution is 6.23. The molecule has 1 heteroatoms. The van der Waals surface area contributed by atoms with E-state index in [9.17, 15) is 0 Å². The Morgan fingerprint density at radius 1 is 0.667 bits per heavy atom. The van der Waals surface area contributed by atoms with Crippen LogP contribution in [0.3, 0.4) is 0 Å². The van der Waals surface area contributed by atoms with Gasteiger partial charge < -0.3 is 5.73 Å². The predicted molar refractivity (Wildman–Crippen MR) is 79.3 cm³/mol. The van der Waals surface area contributed by atoms with Crippen LogP contribution in [0.5, 0.6) is 0 Å². The molecule has 0 aliphatic rings. The quantitative estimate of drug-likeness (QED) is 0.350. The lowest BCUT2D eigenvalue weighted by Gasteiger charge is -2.12. The van der Waals surface area contributed by atoms with E-state index in [1.807, 2.05) is 0 Å². The summed E-state index contributed by atoms with van der Waals surface area (Å²) in [7, 11) is 0. The Kier molecular flexibility index (Phi) is 1.69. The molecule has 0 heterocycles. The molecule has 0 fully saturated rings. The fourth-order valence-corrected chi connectivity index (χ4v) is 3.02. The minimum absolute atomic E-state index is 0.831. The summed E-state index contributed by atoms with van der Waals surface area (Å²) in [4.78, 5) is 0. The molecule has 0 radical (unpaired) electrons. The lowest BCUT2D eigenvalue weighted by molar-refractivity contribution is 1.52. The van der Waals surface area contributed by atoms with Crippen LogP contribution in [0.25, 0.3) is 32.3 Å². The SMILES string of the molecule is Cc1cc2ccc3cc(N)cc4ccc(c1)c2c34. The van der Waals surface area contributed by atoms with Crippen LogP contribution in [0.15, 0.2) is 48.5 Å². The topological polar surface area (TPSA) is 26.0 Å². The maximum atomic E-state index is 5.96. The zero-order valence-electron chi connectivity index (χ0n) is 10.2. The number of benzene rings is 4. The van der Waals surface area contributed by atoms with Gasteiger partial charge >= 0.3 is 0 Å². The molecule has 2 N–H and O–H groups in total.